The van der Waals surface area contributed by atoms with Gasteiger partial charge in [-0.3, -0.25) is 14.3 Å². The van der Waals surface area contributed by atoms with Crippen LogP contribution in [0.15, 0.2) is 46.1 Å². The number of rotatable bonds is 2. The number of nitrogens with zero attached hydrogens (tertiary/aromatic N) is 1. The van der Waals surface area contributed by atoms with Gasteiger partial charge in [0, 0.05) is 17.8 Å². The number of hydrogen-bond donors (Lipinski definition) is 1. The Bertz CT molecular complexity index is 645. The summed E-state index contributed by atoms with van der Waals surface area (Å²) in [6.07, 6.45) is -0.451. The van der Waals surface area contributed by atoms with Crippen LogP contribution in [0.4, 0.5) is 4.39 Å². The summed E-state index contributed by atoms with van der Waals surface area (Å²) in [5.74, 6) is 0. The van der Waals surface area contributed by atoms with E-state index in [0.717, 1.165) is 22.4 Å². The van der Waals surface area contributed by atoms with Crippen molar-refractivity contribution < 1.29 is 4.39 Å². The van der Waals surface area contributed by atoms with Gasteiger partial charge in [-0.15, -0.1) is 0 Å². The number of benzene rings is 1. The zero-order valence-corrected chi connectivity index (χ0v) is 9.18. The van der Waals surface area contributed by atoms with E-state index in [2.05, 4.69) is 0 Å². The van der Waals surface area contributed by atoms with E-state index in [0.29, 0.717) is 5.56 Å². The maximum atomic E-state index is 14.1. The molecule has 5 heteroatoms. The number of aryl methyl sites for hydroxylation is 1. The Kier molecular flexibility index (Phi) is 2.91. The lowest BCUT2D eigenvalue weighted by molar-refractivity contribution is 0.284. The number of aromatic amines is 1. The minimum Gasteiger partial charge on any atom is -0.274 e. The van der Waals surface area contributed by atoms with E-state index in [1.54, 1.807) is 18.2 Å². The second-order valence-corrected chi connectivity index (χ2v) is 3.77. The fraction of sp³-hybridized carbons (Fsp3) is 0.167. The van der Waals surface area contributed by atoms with Gasteiger partial charge in [0.15, 0.2) is 0 Å². The highest BCUT2D eigenvalue weighted by Gasteiger charge is 2.13. The summed E-state index contributed by atoms with van der Waals surface area (Å²) in [5.41, 5.74) is -0.0176. The van der Waals surface area contributed by atoms with Crippen LogP contribution in [-0.2, 0) is 0 Å². The Labute approximate surface area is 96.4 Å². The quantitative estimate of drug-likeness (QED) is 0.853. The summed E-state index contributed by atoms with van der Waals surface area (Å²) >= 11 is 0. The van der Waals surface area contributed by atoms with Gasteiger partial charge in [-0.05, 0) is 6.92 Å². The number of hydrogen-bond acceptors (Lipinski definition) is 2. The standard InChI is InChI=1S/C12H11FN2O2/c1-8-3-2-4-9(7-8)11(13)15-6-5-10(16)14-12(15)17/h2-7,11H,1H3,(H,14,16,17). The van der Waals surface area contributed by atoms with Gasteiger partial charge < -0.3 is 0 Å². The summed E-state index contributed by atoms with van der Waals surface area (Å²) in [6, 6.07) is 7.92. The van der Waals surface area contributed by atoms with Crippen LogP contribution in [0, 0.1) is 6.92 Å². The molecule has 2 aromatic rings. The molecule has 0 radical (unpaired) electrons. The van der Waals surface area contributed by atoms with Crippen LogP contribution in [-0.4, -0.2) is 9.55 Å². The van der Waals surface area contributed by atoms with Gasteiger partial charge in [0.1, 0.15) is 0 Å². The molecule has 4 nitrogen and oxygen atoms in total. The highest BCUT2D eigenvalue weighted by atomic mass is 19.1. The molecule has 1 heterocycles. The summed E-state index contributed by atoms with van der Waals surface area (Å²) in [7, 11) is 0. The summed E-state index contributed by atoms with van der Waals surface area (Å²) < 4.78 is 14.9. The van der Waals surface area contributed by atoms with Crippen molar-refractivity contribution in [2.24, 2.45) is 0 Å². The molecule has 0 aliphatic rings. The maximum Gasteiger partial charge on any atom is 0.330 e. The van der Waals surface area contributed by atoms with Crippen molar-refractivity contribution in [3.05, 3.63) is 68.5 Å². The van der Waals surface area contributed by atoms with Crippen LogP contribution < -0.4 is 11.2 Å². The molecule has 0 spiro atoms. The molecule has 1 aromatic heterocycles. The van der Waals surface area contributed by atoms with Gasteiger partial charge in [-0.1, -0.05) is 29.8 Å². The van der Waals surface area contributed by atoms with Gasteiger partial charge in [0.25, 0.3) is 5.56 Å². The predicted molar refractivity (Wildman–Crippen MR) is 61.7 cm³/mol. The minimum atomic E-state index is -1.60. The molecule has 1 atom stereocenters. The Hall–Kier alpha value is -2.17. The van der Waals surface area contributed by atoms with Crippen molar-refractivity contribution in [1.82, 2.24) is 9.55 Å². The van der Waals surface area contributed by atoms with Crippen LogP contribution in [0.2, 0.25) is 0 Å². The van der Waals surface area contributed by atoms with E-state index in [1.807, 2.05) is 18.0 Å². The van der Waals surface area contributed by atoms with E-state index in [4.69, 9.17) is 0 Å². The number of aromatic nitrogens is 2. The minimum absolute atomic E-state index is 0.374. The van der Waals surface area contributed by atoms with Crippen molar-refractivity contribution in [3.63, 3.8) is 0 Å². The molecule has 0 aliphatic carbocycles. The SMILES string of the molecule is Cc1cccc(C(F)n2ccc(=O)[nH]c2=O)c1. The van der Waals surface area contributed by atoms with E-state index in [-0.39, 0.29) is 0 Å². The third-order valence-corrected chi connectivity index (χ3v) is 2.41. The van der Waals surface area contributed by atoms with Crippen molar-refractivity contribution in [2.45, 2.75) is 13.2 Å². The first-order valence-corrected chi connectivity index (χ1v) is 5.10. The molecule has 1 aromatic carbocycles. The molecule has 0 fully saturated rings. The average molecular weight is 234 g/mol. The van der Waals surface area contributed by atoms with E-state index < -0.39 is 17.5 Å². The fourth-order valence-electron chi connectivity index (χ4n) is 1.58. The second-order valence-electron chi connectivity index (χ2n) is 3.77. The summed E-state index contributed by atoms with van der Waals surface area (Å²) in [6.45, 7) is 1.84. The fourth-order valence-corrected chi connectivity index (χ4v) is 1.58. The van der Waals surface area contributed by atoms with Gasteiger partial charge >= 0.3 is 5.69 Å². The molecule has 0 saturated heterocycles. The summed E-state index contributed by atoms with van der Waals surface area (Å²) in [4.78, 5) is 24.3. The molecular formula is C12H11FN2O2. The predicted octanol–water partition coefficient (Wildman–Crippen LogP) is 1.36. The third kappa shape index (κ3) is 2.33. The summed E-state index contributed by atoms with van der Waals surface area (Å²) in [5, 5.41) is 0. The maximum absolute atomic E-state index is 14.1. The normalized spacial score (nSPS) is 12.4. The van der Waals surface area contributed by atoms with Crippen molar-refractivity contribution in [3.8, 4) is 0 Å². The molecule has 1 N–H and O–H groups in total. The van der Waals surface area contributed by atoms with Crippen molar-refractivity contribution in [2.75, 3.05) is 0 Å². The van der Waals surface area contributed by atoms with Gasteiger partial charge in [0.05, 0.1) is 0 Å². The van der Waals surface area contributed by atoms with Crippen LogP contribution in [0.25, 0.3) is 0 Å². The molecule has 0 aliphatic heterocycles. The Morgan fingerprint density at radius 2 is 2.06 bits per heavy atom. The molecule has 88 valence electrons. The number of halogens is 1. The van der Waals surface area contributed by atoms with Crippen molar-refractivity contribution in [1.29, 1.82) is 0 Å². The molecular weight excluding hydrogens is 223 g/mol. The Morgan fingerprint density at radius 1 is 1.29 bits per heavy atom. The zero-order chi connectivity index (χ0) is 12.4. The first-order chi connectivity index (χ1) is 8.08. The molecule has 1 unspecified atom stereocenters. The Balaban J connectivity index is 2.47. The van der Waals surface area contributed by atoms with Gasteiger partial charge in [-0.2, -0.15) is 0 Å². The van der Waals surface area contributed by atoms with Gasteiger partial charge in [0.2, 0.25) is 6.30 Å². The highest BCUT2D eigenvalue weighted by Crippen LogP contribution is 2.18. The lowest BCUT2D eigenvalue weighted by Crippen LogP contribution is -2.30. The number of alkyl halides is 1. The average Bonchev–Trinajstić information content (AvgIpc) is 2.28. The smallest absolute Gasteiger partial charge is 0.274 e. The topological polar surface area (TPSA) is 54.9 Å². The molecule has 0 bridgehead atoms. The first kappa shape index (κ1) is 11.3. The van der Waals surface area contributed by atoms with Crippen LogP contribution in [0.1, 0.15) is 17.4 Å². The number of nitrogens with one attached hydrogen (secondary N) is 1. The van der Waals surface area contributed by atoms with Gasteiger partial charge in [-0.25, -0.2) is 9.18 Å². The Morgan fingerprint density at radius 3 is 2.71 bits per heavy atom. The number of H-pyrrole nitrogens is 1. The van der Waals surface area contributed by atoms with E-state index in [1.165, 1.54) is 0 Å². The largest absolute Gasteiger partial charge is 0.330 e. The molecule has 0 amide bonds. The molecule has 0 saturated carbocycles. The highest BCUT2D eigenvalue weighted by molar-refractivity contribution is 5.24. The monoisotopic (exact) mass is 234 g/mol. The third-order valence-electron chi connectivity index (χ3n) is 2.41. The van der Waals surface area contributed by atoms with Crippen LogP contribution in [0.5, 0.6) is 0 Å². The van der Waals surface area contributed by atoms with Crippen LogP contribution in [0.3, 0.4) is 0 Å². The molecule has 2 rings (SSSR count). The zero-order valence-electron chi connectivity index (χ0n) is 9.18. The second kappa shape index (κ2) is 4.37. The van der Waals surface area contributed by atoms with Crippen molar-refractivity contribution >= 4 is 0 Å². The van der Waals surface area contributed by atoms with Crippen LogP contribution >= 0.6 is 0 Å². The lowest BCUT2D eigenvalue weighted by atomic mass is 10.1. The lowest BCUT2D eigenvalue weighted by Gasteiger charge is -2.11. The molecule has 17 heavy (non-hydrogen) atoms. The first-order valence-electron chi connectivity index (χ1n) is 5.10. The van der Waals surface area contributed by atoms with E-state index in [9.17, 15) is 14.0 Å². The van der Waals surface area contributed by atoms with E-state index >= 15 is 0 Å².